The molecule has 0 N–H and O–H groups in total. The second-order valence-corrected chi connectivity index (χ2v) is 12.2. The summed E-state index contributed by atoms with van der Waals surface area (Å²) >= 11 is 5.43. The molecule has 1 atom stereocenters. The zero-order chi connectivity index (χ0) is 14.5. The first-order chi connectivity index (χ1) is 8.14. The van der Waals surface area contributed by atoms with Gasteiger partial charge in [0, 0.05) is 13.0 Å². The highest BCUT2D eigenvalue weighted by atomic mass is 35.5. The van der Waals surface area contributed by atoms with Crippen LogP contribution in [0.1, 0.15) is 54.9 Å². The van der Waals surface area contributed by atoms with Crippen molar-refractivity contribution in [3.05, 3.63) is 0 Å². The predicted octanol–water partition coefficient (Wildman–Crippen LogP) is 4.97. The Bertz CT molecular complexity index is 243. The van der Waals surface area contributed by atoms with Crippen molar-refractivity contribution in [3.8, 4) is 0 Å². The summed E-state index contributed by atoms with van der Waals surface area (Å²) in [6.07, 6.45) is 0.403. The van der Waals surface area contributed by atoms with Gasteiger partial charge in [-0.3, -0.25) is 4.79 Å². The number of carbonyl (C=O) groups excluding carboxylic acids is 1. The standard InChI is InChI=1S/C14H29ClO2Si/c1-10(2)18(11(3)4,12(5)6)17-9-13(7)8-14(15)16/h10-13H,8-9H2,1-7H3/t13-/m0/s1. The molecule has 0 aromatic heterocycles. The Labute approximate surface area is 119 Å². The highest BCUT2D eigenvalue weighted by Crippen LogP contribution is 2.42. The molecule has 18 heavy (non-hydrogen) atoms. The van der Waals surface area contributed by atoms with Crippen molar-refractivity contribution in [1.82, 2.24) is 0 Å². The summed E-state index contributed by atoms with van der Waals surface area (Å²) < 4.78 is 6.40. The van der Waals surface area contributed by atoms with E-state index in [0.717, 1.165) is 0 Å². The molecule has 0 saturated heterocycles. The quantitative estimate of drug-likeness (QED) is 0.466. The molecule has 0 unspecified atom stereocenters. The van der Waals surface area contributed by atoms with Crippen molar-refractivity contribution in [2.75, 3.05) is 6.61 Å². The molecule has 0 aliphatic rings. The third kappa shape index (κ3) is 4.67. The van der Waals surface area contributed by atoms with E-state index >= 15 is 0 Å². The topological polar surface area (TPSA) is 26.3 Å². The SMILES string of the molecule is CC(C)[Si](OC[C@@H](C)CC(=O)Cl)(C(C)C)C(C)C. The molecule has 0 aliphatic heterocycles. The number of hydrogen-bond acceptors (Lipinski definition) is 2. The summed E-state index contributed by atoms with van der Waals surface area (Å²) in [7, 11) is -1.80. The summed E-state index contributed by atoms with van der Waals surface area (Å²) in [6, 6.07) is 0. The summed E-state index contributed by atoms with van der Waals surface area (Å²) in [6.45, 7) is 16.3. The van der Waals surface area contributed by atoms with E-state index in [9.17, 15) is 4.79 Å². The Kier molecular flexibility index (Phi) is 7.72. The fourth-order valence-corrected chi connectivity index (χ4v) is 8.96. The van der Waals surface area contributed by atoms with Crippen LogP contribution in [0.25, 0.3) is 0 Å². The van der Waals surface area contributed by atoms with Crippen LogP contribution in [0.4, 0.5) is 0 Å². The molecule has 0 aromatic carbocycles. The Hall–Kier alpha value is 0.137. The minimum atomic E-state index is -1.80. The average molecular weight is 293 g/mol. The highest BCUT2D eigenvalue weighted by Gasteiger charge is 2.45. The van der Waals surface area contributed by atoms with Crippen molar-refractivity contribution in [2.24, 2.45) is 5.92 Å². The number of rotatable bonds is 8. The molecule has 0 amide bonds. The zero-order valence-corrected chi connectivity index (χ0v) is 14.7. The van der Waals surface area contributed by atoms with Gasteiger partial charge in [-0.2, -0.15) is 0 Å². The van der Waals surface area contributed by atoms with Crippen LogP contribution < -0.4 is 0 Å². The maximum Gasteiger partial charge on any atom is 0.221 e. The summed E-state index contributed by atoms with van der Waals surface area (Å²) in [5, 5.41) is -0.267. The maximum absolute atomic E-state index is 10.9. The van der Waals surface area contributed by atoms with Crippen LogP contribution >= 0.6 is 11.6 Å². The van der Waals surface area contributed by atoms with Crippen molar-refractivity contribution < 1.29 is 9.22 Å². The predicted molar refractivity (Wildman–Crippen MR) is 81.6 cm³/mol. The lowest BCUT2D eigenvalue weighted by atomic mass is 10.1. The van der Waals surface area contributed by atoms with Gasteiger partial charge in [-0.15, -0.1) is 0 Å². The molecular formula is C14H29ClO2Si. The molecular weight excluding hydrogens is 264 g/mol. The Balaban J connectivity index is 4.75. The summed E-state index contributed by atoms with van der Waals surface area (Å²) in [4.78, 5) is 10.9. The normalized spacial score (nSPS) is 14.6. The smallest absolute Gasteiger partial charge is 0.221 e. The first-order valence-corrected chi connectivity index (χ1v) is 9.48. The first kappa shape index (κ1) is 18.1. The van der Waals surface area contributed by atoms with Crippen LogP contribution in [0.2, 0.25) is 16.6 Å². The molecule has 0 heterocycles. The fourth-order valence-electron chi connectivity index (χ4n) is 3.12. The van der Waals surface area contributed by atoms with E-state index in [0.29, 0.717) is 29.7 Å². The van der Waals surface area contributed by atoms with Crippen LogP contribution in [0, 0.1) is 5.92 Å². The second-order valence-electron chi connectivity index (χ2n) is 6.29. The van der Waals surface area contributed by atoms with Crippen LogP contribution in [-0.4, -0.2) is 20.2 Å². The largest absolute Gasteiger partial charge is 0.416 e. The van der Waals surface area contributed by atoms with Gasteiger partial charge < -0.3 is 4.43 Å². The number of halogens is 1. The third-order valence-electron chi connectivity index (χ3n) is 3.83. The van der Waals surface area contributed by atoms with Gasteiger partial charge in [0.25, 0.3) is 0 Å². The highest BCUT2D eigenvalue weighted by molar-refractivity contribution is 6.77. The lowest BCUT2D eigenvalue weighted by Gasteiger charge is -2.42. The van der Waals surface area contributed by atoms with Crippen molar-refractivity contribution in [3.63, 3.8) is 0 Å². The van der Waals surface area contributed by atoms with Crippen LogP contribution in [0.15, 0.2) is 0 Å². The van der Waals surface area contributed by atoms with Crippen LogP contribution in [0.5, 0.6) is 0 Å². The summed E-state index contributed by atoms with van der Waals surface area (Å²) in [5.41, 5.74) is 1.74. The van der Waals surface area contributed by atoms with Gasteiger partial charge >= 0.3 is 0 Å². The molecule has 0 aliphatic carbocycles. The molecule has 0 aromatic rings. The molecule has 0 bridgehead atoms. The molecule has 0 spiro atoms. The first-order valence-electron chi connectivity index (χ1n) is 6.96. The monoisotopic (exact) mass is 292 g/mol. The molecule has 0 saturated carbocycles. The van der Waals surface area contributed by atoms with Gasteiger partial charge in [0.2, 0.25) is 5.24 Å². The molecule has 108 valence electrons. The summed E-state index contributed by atoms with van der Waals surface area (Å²) in [5.74, 6) is 0.207. The van der Waals surface area contributed by atoms with E-state index in [4.69, 9.17) is 16.0 Å². The molecule has 0 rings (SSSR count). The maximum atomic E-state index is 10.9. The Morgan fingerprint density at radius 1 is 1.00 bits per heavy atom. The van der Waals surface area contributed by atoms with E-state index in [2.05, 4.69) is 41.5 Å². The third-order valence-corrected chi connectivity index (χ3v) is 10.1. The van der Waals surface area contributed by atoms with Gasteiger partial charge in [-0.05, 0) is 34.1 Å². The lowest BCUT2D eigenvalue weighted by Crippen LogP contribution is -2.48. The van der Waals surface area contributed by atoms with Crippen molar-refractivity contribution >= 4 is 25.2 Å². The van der Waals surface area contributed by atoms with Gasteiger partial charge in [0.05, 0.1) is 0 Å². The minimum Gasteiger partial charge on any atom is -0.416 e. The van der Waals surface area contributed by atoms with Crippen LogP contribution in [-0.2, 0) is 9.22 Å². The zero-order valence-electron chi connectivity index (χ0n) is 12.9. The van der Waals surface area contributed by atoms with Gasteiger partial charge in [0.1, 0.15) is 0 Å². The number of hydrogen-bond donors (Lipinski definition) is 0. The Morgan fingerprint density at radius 2 is 1.39 bits per heavy atom. The molecule has 0 radical (unpaired) electrons. The van der Waals surface area contributed by atoms with Gasteiger partial charge in [-0.25, -0.2) is 0 Å². The van der Waals surface area contributed by atoms with E-state index in [1.54, 1.807) is 0 Å². The van der Waals surface area contributed by atoms with Crippen molar-refractivity contribution in [2.45, 2.75) is 71.5 Å². The molecule has 0 fully saturated rings. The fraction of sp³-hybridized carbons (Fsp3) is 0.929. The van der Waals surface area contributed by atoms with Crippen LogP contribution in [0.3, 0.4) is 0 Å². The second kappa shape index (κ2) is 7.66. The lowest BCUT2D eigenvalue weighted by molar-refractivity contribution is -0.112. The molecule has 4 heteroatoms. The van der Waals surface area contributed by atoms with Crippen molar-refractivity contribution in [1.29, 1.82) is 0 Å². The van der Waals surface area contributed by atoms with Gasteiger partial charge in [0.15, 0.2) is 8.32 Å². The van der Waals surface area contributed by atoms with E-state index in [-0.39, 0.29) is 11.2 Å². The van der Waals surface area contributed by atoms with E-state index in [1.165, 1.54) is 0 Å². The average Bonchev–Trinajstić information content (AvgIpc) is 2.15. The van der Waals surface area contributed by atoms with E-state index < -0.39 is 8.32 Å². The molecule has 2 nitrogen and oxygen atoms in total. The van der Waals surface area contributed by atoms with Gasteiger partial charge in [-0.1, -0.05) is 48.5 Å². The van der Waals surface area contributed by atoms with E-state index in [1.807, 2.05) is 6.92 Å². The Morgan fingerprint density at radius 3 is 1.67 bits per heavy atom. The minimum absolute atomic E-state index is 0.207. The number of carbonyl (C=O) groups is 1.